The van der Waals surface area contributed by atoms with Gasteiger partial charge in [0, 0.05) is 55.7 Å². The molecule has 1 N–H and O–H groups in total. The van der Waals surface area contributed by atoms with Crippen LogP contribution in [0, 0.1) is 5.82 Å². The SMILES string of the molecule is CC(O)N1CCC(c2noc(-c3ccc(CN4CCCC4=O)c(Oc4ccc(Cl)c(F)c4)c3)n2)CC1. The van der Waals surface area contributed by atoms with Crippen LogP contribution in [-0.4, -0.2) is 56.8 Å². The summed E-state index contributed by atoms with van der Waals surface area (Å²) in [6, 6.07) is 9.76. The fraction of sp³-hybridized carbons (Fsp3) is 0.423. The Bertz CT molecular complexity index is 1240. The Hall–Kier alpha value is -3.01. The Kier molecular flexibility index (Phi) is 7.22. The molecule has 5 rings (SSSR count). The van der Waals surface area contributed by atoms with Crippen molar-refractivity contribution in [3.63, 3.8) is 0 Å². The third-order valence-electron chi connectivity index (χ3n) is 6.83. The zero-order valence-corrected chi connectivity index (χ0v) is 20.7. The molecule has 10 heteroatoms. The summed E-state index contributed by atoms with van der Waals surface area (Å²) in [4.78, 5) is 20.6. The molecule has 1 amide bonds. The molecule has 8 nitrogen and oxygen atoms in total. The minimum absolute atomic E-state index is 0.0108. The molecule has 2 aliphatic rings. The number of ether oxygens (including phenoxy) is 1. The van der Waals surface area contributed by atoms with Gasteiger partial charge in [0.2, 0.25) is 5.91 Å². The van der Waals surface area contributed by atoms with Crippen LogP contribution >= 0.6 is 11.6 Å². The molecule has 2 fully saturated rings. The highest BCUT2D eigenvalue weighted by molar-refractivity contribution is 6.30. The van der Waals surface area contributed by atoms with Gasteiger partial charge in [-0.2, -0.15) is 4.98 Å². The van der Waals surface area contributed by atoms with Gasteiger partial charge in [-0.1, -0.05) is 22.8 Å². The Morgan fingerprint density at radius 3 is 2.72 bits per heavy atom. The van der Waals surface area contributed by atoms with Crippen molar-refractivity contribution in [3.05, 3.63) is 58.6 Å². The maximum atomic E-state index is 14.0. The van der Waals surface area contributed by atoms with Crippen LogP contribution in [0.1, 0.15) is 49.9 Å². The van der Waals surface area contributed by atoms with E-state index in [0.717, 1.165) is 37.9 Å². The maximum absolute atomic E-state index is 14.0. The zero-order valence-electron chi connectivity index (χ0n) is 20.0. The Morgan fingerprint density at radius 2 is 2.03 bits per heavy atom. The Labute approximate surface area is 213 Å². The van der Waals surface area contributed by atoms with Crippen molar-refractivity contribution in [2.45, 2.75) is 51.3 Å². The lowest BCUT2D eigenvalue weighted by atomic mass is 9.96. The third kappa shape index (κ3) is 5.38. The van der Waals surface area contributed by atoms with Crippen LogP contribution in [0.3, 0.4) is 0 Å². The molecule has 2 aliphatic heterocycles. The summed E-state index contributed by atoms with van der Waals surface area (Å²) in [5.41, 5.74) is 1.45. The molecule has 0 bridgehead atoms. The zero-order chi connectivity index (χ0) is 25.2. The van der Waals surface area contributed by atoms with Crippen molar-refractivity contribution < 1.29 is 23.6 Å². The summed E-state index contributed by atoms with van der Waals surface area (Å²) >= 11 is 5.82. The van der Waals surface area contributed by atoms with Gasteiger partial charge in [-0.25, -0.2) is 4.39 Å². The van der Waals surface area contributed by atoms with E-state index in [2.05, 4.69) is 10.1 Å². The molecule has 0 saturated carbocycles. The molecular weight excluding hydrogens is 487 g/mol. The number of aliphatic hydroxyl groups excluding tert-OH is 1. The molecule has 1 unspecified atom stereocenters. The standard InChI is InChI=1S/C26H28ClFN4O4/c1-16(33)31-11-8-17(9-12-31)25-29-26(36-30-25)18-4-5-19(15-32-10-2-3-24(32)34)23(13-18)35-20-6-7-21(27)22(28)14-20/h4-7,13-14,16-17,33H,2-3,8-12,15H2,1H3. The van der Waals surface area contributed by atoms with Crippen molar-refractivity contribution >= 4 is 17.5 Å². The van der Waals surface area contributed by atoms with E-state index in [9.17, 15) is 14.3 Å². The van der Waals surface area contributed by atoms with E-state index in [1.165, 1.54) is 12.1 Å². The van der Waals surface area contributed by atoms with Gasteiger partial charge in [0.15, 0.2) is 5.82 Å². The highest BCUT2D eigenvalue weighted by Gasteiger charge is 2.27. The van der Waals surface area contributed by atoms with Crippen LogP contribution in [0.2, 0.25) is 5.02 Å². The number of aromatic nitrogens is 2. The number of piperidine rings is 1. The lowest BCUT2D eigenvalue weighted by Crippen LogP contribution is -2.39. The minimum atomic E-state index is -0.579. The fourth-order valence-electron chi connectivity index (χ4n) is 4.71. The maximum Gasteiger partial charge on any atom is 0.258 e. The molecule has 36 heavy (non-hydrogen) atoms. The van der Waals surface area contributed by atoms with E-state index < -0.39 is 12.0 Å². The number of nitrogens with zero attached hydrogens (tertiary/aromatic N) is 4. The monoisotopic (exact) mass is 514 g/mol. The number of benzene rings is 2. The summed E-state index contributed by atoms with van der Waals surface area (Å²) < 4.78 is 25.7. The largest absolute Gasteiger partial charge is 0.457 e. The number of aliphatic hydroxyl groups is 1. The average molecular weight is 515 g/mol. The van der Waals surface area contributed by atoms with E-state index in [0.29, 0.717) is 48.3 Å². The van der Waals surface area contributed by atoms with Gasteiger partial charge in [0.25, 0.3) is 5.89 Å². The highest BCUT2D eigenvalue weighted by atomic mass is 35.5. The Morgan fingerprint density at radius 1 is 1.22 bits per heavy atom. The van der Waals surface area contributed by atoms with Gasteiger partial charge in [0.05, 0.1) is 5.02 Å². The molecule has 0 radical (unpaired) electrons. The topological polar surface area (TPSA) is 91.9 Å². The predicted molar refractivity (Wildman–Crippen MR) is 131 cm³/mol. The van der Waals surface area contributed by atoms with E-state index in [1.807, 2.05) is 17.0 Å². The van der Waals surface area contributed by atoms with Gasteiger partial charge in [-0.05, 0) is 50.5 Å². The second kappa shape index (κ2) is 10.5. The quantitative estimate of drug-likeness (QED) is 0.476. The first-order valence-electron chi connectivity index (χ1n) is 12.2. The summed E-state index contributed by atoms with van der Waals surface area (Å²) in [5, 5.41) is 14.0. The van der Waals surface area contributed by atoms with Gasteiger partial charge >= 0.3 is 0 Å². The first-order chi connectivity index (χ1) is 17.4. The molecule has 0 spiro atoms. The molecule has 3 aromatic rings. The molecule has 2 aromatic carbocycles. The Balaban J connectivity index is 1.40. The first-order valence-corrected chi connectivity index (χ1v) is 12.5. The summed E-state index contributed by atoms with van der Waals surface area (Å²) in [7, 11) is 0. The van der Waals surface area contributed by atoms with E-state index in [4.69, 9.17) is 20.9 Å². The fourth-order valence-corrected chi connectivity index (χ4v) is 4.82. The summed E-state index contributed by atoms with van der Waals surface area (Å²) in [6.07, 6.45) is 2.58. The van der Waals surface area contributed by atoms with Crippen LogP contribution in [0.5, 0.6) is 11.5 Å². The molecular formula is C26H28ClFN4O4. The molecule has 1 aromatic heterocycles. The molecule has 2 saturated heterocycles. The van der Waals surface area contributed by atoms with Crippen LogP contribution in [0.15, 0.2) is 40.9 Å². The van der Waals surface area contributed by atoms with E-state index in [-0.39, 0.29) is 16.8 Å². The number of rotatable bonds is 7. The number of carbonyl (C=O) groups excluding carboxylic acids is 1. The van der Waals surface area contributed by atoms with Crippen LogP contribution < -0.4 is 4.74 Å². The minimum Gasteiger partial charge on any atom is -0.457 e. The first kappa shape index (κ1) is 24.7. The predicted octanol–water partition coefficient (Wildman–Crippen LogP) is 4.96. The van der Waals surface area contributed by atoms with Gasteiger partial charge in [-0.3, -0.25) is 9.69 Å². The van der Waals surface area contributed by atoms with Crippen molar-refractivity contribution in [3.8, 4) is 23.0 Å². The second-order valence-corrected chi connectivity index (χ2v) is 9.73. The van der Waals surface area contributed by atoms with Crippen molar-refractivity contribution in [1.82, 2.24) is 19.9 Å². The number of amides is 1. The normalized spacial score (nSPS) is 18.1. The number of carbonyl (C=O) groups is 1. The molecule has 3 heterocycles. The molecule has 1 atom stereocenters. The van der Waals surface area contributed by atoms with E-state index in [1.54, 1.807) is 24.0 Å². The number of likely N-dealkylation sites (tertiary alicyclic amines) is 2. The number of hydrogen-bond donors (Lipinski definition) is 1. The van der Waals surface area contributed by atoms with Gasteiger partial charge in [-0.15, -0.1) is 0 Å². The smallest absolute Gasteiger partial charge is 0.258 e. The number of hydrogen-bond acceptors (Lipinski definition) is 7. The summed E-state index contributed by atoms with van der Waals surface area (Å²) in [5.74, 6) is 1.45. The lowest BCUT2D eigenvalue weighted by molar-refractivity contribution is -0.128. The lowest BCUT2D eigenvalue weighted by Gasteiger charge is -2.32. The second-order valence-electron chi connectivity index (χ2n) is 9.32. The number of halogens is 2. The van der Waals surface area contributed by atoms with Gasteiger partial charge < -0.3 is 19.3 Å². The average Bonchev–Trinajstić information content (AvgIpc) is 3.52. The van der Waals surface area contributed by atoms with Crippen LogP contribution in [0.4, 0.5) is 4.39 Å². The molecule has 0 aliphatic carbocycles. The van der Waals surface area contributed by atoms with Crippen molar-refractivity contribution in [2.75, 3.05) is 19.6 Å². The van der Waals surface area contributed by atoms with Crippen molar-refractivity contribution in [1.29, 1.82) is 0 Å². The van der Waals surface area contributed by atoms with Crippen LogP contribution in [0.25, 0.3) is 11.5 Å². The molecule has 190 valence electrons. The van der Waals surface area contributed by atoms with E-state index >= 15 is 0 Å². The van der Waals surface area contributed by atoms with Crippen molar-refractivity contribution in [2.24, 2.45) is 0 Å². The summed E-state index contributed by atoms with van der Waals surface area (Å²) in [6.45, 7) is 4.39. The van der Waals surface area contributed by atoms with Gasteiger partial charge in [0.1, 0.15) is 23.5 Å². The highest BCUT2D eigenvalue weighted by Crippen LogP contribution is 2.34. The van der Waals surface area contributed by atoms with Crippen LogP contribution in [-0.2, 0) is 11.3 Å². The third-order valence-corrected chi connectivity index (χ3v) is 7.14.